The summed E-state index contributed by atoms with van der Waals surface area (Å²) in [6, 6.07) is 10.4. The van der Waals surface area contributed by atoms with Crippen LogP contribution < -0.4 is 5.73 Å². The van der Waals surface area contributed by atoms with Crippen LogP contribution in [0.2, 0.25) is 0 Å². The molecule has 0 aliphatic rings. The molecule has 0 aliphatic heterocycles. The Morgan fingerprint density at radius 3 is 2.71 bits per heavy atom. The molecule has 0 spiro atoms. The van der Waals surface area contributed by atoms with Gasteiger partial charge in [0.1, 0.15) is 0 Å². The summed E-state index contributed by atoms with van der Waals surface area (Å²) in [7, 11) is 0. The molecule has 3 aromatic rings. The van der Waals surface area contributed by atoms with Crippen molar-refractivity contribution in [1.29, 1.82) is 0 Å². The monoisotopic (exact) mass is 226 g/mol. The van der Waals surface area contributed by atoms with Gasteiger partial charge in [0, 0.05) is 12.6 Å². The zero-order valence-electron chi connectivity index (χ0n) is 9.64. The maximum atomic E-state index is 5.55. The highest BCUT2D eigenvalue weighted by Crippen LogP contribution is 2.20. The van der Waals surface area contributed by atoms with Gasteiger partial charge in [-0.2, -0.15) is 0 Å². The number of aromatic nitrogens is 3. The number of nitrogens with two attached hydrogens (primary N) is 1. The minimum Gasteiger partial charge on any atom is -0.325 e. The second kappa shape index (κ2) is 3.75. The van der Waals surface area contributed by atoms with E-state index >= 15 is 0 Å². The first-order chi connectivity index (χ1) is 8.26. The summed E-state index contributed by atoms with van der Waals surface area (Å²) < 4.78 is 1.90. The fourth-order valence-electron chi connectivity index (χ4n) is 1.91. The van der Waals surface area contributed by atoms with Crippen molar-refractivity contribution in [2.75, 3.05) is 0 Å². The SMILES string of the molecule is Cc1ccc(-c2cc3nc(CN)cn3[nH]2)cc1. The van der Waals surface area contributed by atoms with E-state index in [1.54, 1.807) is 0 Å². The van der Waals surface area contributed by atoms with E-state index in [9.17, 15) is 0 Å². The van der Waals surface area contributed by atoms with Gasteiger partial charge in [-0.05, 0) is 12.5 Å². The Morgan fingerprint density at radius 2 is 2.06 bits per heavy atom. The van der Waals surface area contributed by atoms with Crippen molar-refractivity contribution in [2.45, 2.75) is 13.5 Å². The summed E-state index contributed by atoms with van der Waals surface area (Å²) in [6.07, 6.45) is 1.92. The average molecular weight is 226 g/mol. The molecule has 0 amide bonds. The Morgan fingerprint density at radius 1 is 1.29 bits per heavy atom. The van der Waals surface area contributed by atoms with Gasteiger partial charge >= 0.3 is 0 Å². The molecule has 0 aliphatic carbocycles. The van der Waals surface area contributed by atoms with Crippen LogP contribution in [0.5, 0.6) is 0 Å². The van der Waals surface area contributed by atoms with Crippen molar-refractivity contribution in [1.82, 2.24) is 14.6 Å². The Balaban J connectivity index is 2.06. The summed E-state index contributed by atoms with van der Waals surface area (Å²) in [5.41, 5.74) is 10.8. The van der Waals surface area contributed by atoms with E-state index in [0.717, 1.165) is 22.6 Å². The van der Waals surface area contributed by atoms with Crippen LogP contribution in [-0.4, -0.2) is 14.6 Å². The minimum absolute atomic E-state index is 0.468. The number of rotatable bonds is 2. The van der Waals surface area contributed by atoms with Gasteiger partial charge in [-0.15, -0.1) is 0 Å². The van der Waals surface area contributed by atoms with Crippen molar-refractivity contribution in [3.63, 3.8) is 0 Å². The average Bonchev–Trinajstić information content (AvgIpc) is 2.87. The fraction of sp³-hybridized carbons (Fsp3) is 0.154. The van der Waals surface area contributed by atoms with E-state index in [1.807, 2.05) is 16.8 Å². The van der Waals surface area contributed by atoms with Crippen LogP contribution in [0.15, 0.2) is 36.5 Å². The molecule has 0 fully saturated rings. The summed E-state index contributed by atoms with van der Waals surface area (Å²) in [5, 5.41) is 3.28. The zero-order chi connectivity index (χ0) is 11.8. The molecule has 4 heteroatoms. The lowest BCUT2D eigenvalue weighted by molar-refractivity contribution is 0.959. The molecule has 1 aromatic carbocycles. The number of imidazole rings is 1. The first-order valence-electron chi connectivity index (χ1n) is 5.60. The van der Waals surface area contributed by atoms with E-state index in [-0.39, 0.29) is 0 Å². The summed E-state index contributed by atoms with van der Waals surface area (Å²) in [4.78, 5) is 4.40. The third-order valence-electron chi connectivity index (χ3n) is 2.87. The molecule has 4 nitrogen and oxygen atoms in total. The third-order valence-corrected chi connectivity index (χ3v) is 2.87. The van der Waals surface area contributed by atoms with Gasteiger partial charge in [0.2, 0.25) is 0 Å². The highest BCUT2D eigenvalue weighted by atomic mass is 15.3. The van der Waals surface area contributed by atoms with Crippen LogP contribution >= 0.6 is 0 Å². The molecule has 17 heavy (non-hydrogen) atoms. The number of nitrogens with zero attached hydrogens (tertiary/aromatic N) is 2. The molecular formula is C13H14N4. The van der Waals surface area contributed by atoms with Gasteiger partial charge in [0.15, 0.2) is 5.65 Å². The van der Waals surface area contributed by atoms with Crippen LogP contribution in [0.3, 0.4) is 0 Å². The number of nitrogens with one attached hydrogen (secondary N) is 1. The van der Waals surface area contributed by atoms with Crippen LogP contribution in [0.1, 0.15) is 11.3 Å². The summed E-state index contributed by atoms with van der Waals surface area (Å²) in [5.74, 6) is 0. The predicted molar refractivity (Wildman–Crippen MR) is 67.6 cm³/mol. The van der Waals surface area contributed by atoms with Crippen LogP contribution in [-0.2, 0) is 6.54 Å². The van der Waals surface area contributed by atoms with Crippen molar-refractivity contribution in [3.8, 4) is 11.3 Å². The largest absolute Gasteiger partial charge is 0.325 e. The number of H-pyrrole nitrogens is 1. The molecule has 0 saturated heterocycles. The second-order valence-corrected chi connectivity index (χ2v) is 4.20. The third kappa shape index (κ3) is 1.72. The van der Waals surface area contributed by atoms with E-state index in [0.29, 0.717) is 6.54 Å². The number of fused-ring (bicyclic) bond motifs is 1. The van der Waals surface area contributed by atoms with Gasteiger partial charge in [0.25, 0.3) is 0 Å². The Labute approximate surface area is 99.1 Å². The topological polar surface area (TPSA) is 59.1 Å². The molecule has 3 rings (SSSR count). The van der Waals surface area contributed by atoms with E-state index in [1.165, 1.54) is 5.56 Å². The van der Waals surface area contributed by atoms with Crippen molar-refractivity contribution in [3.05, 3.63) is 47.8 Å². The van der Waals surface area contributed by atoms with E-state index < -0.39 is 0 Å². The number of hydrogen-bond acceptors (Lipinski definition) is 2. The van der Waals surface area contributed by atoms with E-state index in [2.05, 4.69) is 41.3 Å². The Bertz CT molecular complexity index is 614. The number of hydrogen-bond donors (Lipinski definition) is 2. The number of aromatic amines is 1. The molecule has 0 bridgehead atoms. The minimum atomic E-state index is 0.468. The Kier molecular flexibility index (Phi) is 2.23. The molecule has 86 valence electrons. The maximum absolute atomic E-state index is 5.55. The molecule has 2 heterocycles. The molecule has 0 radical (unpaired) electrons. The summed E-state index contributed by atoms with van der Waals surface area (Å²) >= 11 is 0. The normalized spacial score (nSPS) is 11.2. The molecule has 3 N–H and O–H groups in total. The van der Waals surface area contributed by atoms with Crippen LogP contribution in [0.25, 0.3) is 16.9 Å². The van der Waals surface area contributed by atoms with E-state index in [4.69, 9.17) is 5.73 Å². The second-order valence-electron chi connectivity index (χ2n) is 4.20. The van der Waals surface area contributed by atoms with Gasteiger partial charge < -0.3 is 5.73 Å². The van der Waals surface area contributed by atoms with Crippen molar-refractivity contribution < 1.29 is 0 Å². The lowest BCUT2D eigenvalue weighted by Crippen LogP contribution is -1.95. The fourth-order valence-corrected chi connectivity index (χ4v) is 1.91. The van der Waals surface area contributed by atoms with Crippen LogP contribution in [0, 0.1) is 6.92 Å². The van der Waals surface area contributed by atoms with Gasteiger partial charge in [-0.3, -0.25) is 5.10 Å². The molecular weight excluding hydrogens is 212 g/mol. The molecule has 0 saturated carbocycles. The lowest BCUT2D eigenvalue weighted by atomic mass is 10.1. The standard InChI is InChI=1S/C13H14N4/c1-9-2-4-10(5-3-9)12-6-13-15-11(7-14)8-17(13)16-12/h2-6,8,16H,7,14H2,1H3. The highest BCUT2D eigenvalue weighted by molar-refractivity contribution is 5.64. The van der Waals surface area contributed by atoms with Crippen molar-refractivity contribution in [2.24, 2.45) is 5.73 Å². The highest BCUT2D eigenvalue weighted by Gasteiger charge is 2.05. The Hall–Kier alpha value is -2.07. The number of aryl methyl sites for hydroxylation is 1. The molecule has 2 aromatic heterocycles. The quantitative estimate of drug-likeness (QED) is 0.703. The van der Waals surface area contributed by atoms with Crippen LogP contribution in [0.4, 0.5) is 0 Å². The predicted octanol–water partition coefficient (Wildman–Crippen LogP) is 2.10. The first-order valence-corrected chi connectivity index (χ1v) is 5.60. The summed E-state index contributed by atoms with van der Waals surface area (Å²) in [6.45, 7) is 2.55. The van der Waals surface area contributed by atoms with Gasteiger partial charge in [-0.1, -0.05) is 29.8 Å². The molecule has 0 atom stereocenters. The lowest BCUT2D eigenvalue weighted by Gasteiger charge is -1.97. The number of benzene rings is 1. The first kappa shape index (κ1) is 10.1. The van der Waals surface area contributed by atoms with Gasteiger partial charge in [-0.25, -0.2) is 9.50 Å². The smallest absolute Gasteiger partial charge is 0.153 e. The maximum Gasteiger partial charge on any atom is 0.153 e. The van der Waals surface area contributed by atoms with Gasteiger partial charge in [0.05, 0.1) is 17.6 Å². The van der Waals surface area contributed by atoms with Crippen molar-refractivity contribution >= 4 is 5.65 Å². The molecule has 0 unspecified atom stereocenters. The zero-order valence-corrected chi connectivity index (χ0v) is 9.64.